The molecule has 1 unspecified atom stereocenters. The monoisotopic (exact) mass is 256 g/mol. The van der Waals surface area contributed by atoms with E-state index in [1.807, 2.05) is 6.92 Å². The maximum atomic E-state index is 10.8. The molecular formula is C12H20N2O2S. The van der Waals surface area contributed by atoms with Gasteiger partial charge in [-0.15, -0.1) is 0 Å². The standard InChI is InChI=1S/C12H20N2O2S/c1-3-11-4-6-12(7-5-11)10(2)14-8-9-17(13,15)16/h4-7,10,14H,3,8-9H2,1-2H3,(H2,13,15,16). The molecule has 4 nitrogen and oxygen atoms in total. The summed E-state index contributed by atoms with van der Waals surface area (Å²) < 4.78 is 21.5. The molecule has 1 rings (SSSR count). The second kappa shape index (κ2) is 6.14. The first kappa shape index (κ1) is 14.2. The van der Waals surface area contributed by atoms with Gasteiger partial charge in [0.15, 0.2) is 0 Å². The number of aryl methyl sites for hydroxylation is 1. The Hall–Kier alpha value is -0.910. The van der Waals surface area contributed by atoms with Crippen LogP contribution >= 0.6 is 0 Å². The van der Waals surface area contributed by atoms with E-state index in [9.17, 15) is 8.42 Å². The summed E-state index contributed by atoms with van der Waals surface area (Å²) >= 11 is 0. The van der Waals surface area contributed by atoms with E-state index in [0.29, 0.717) is 6.54 Å². The lowest BCUT2D eigenvalue weighted by Gasteiger charge is -2.14. The van der Waals surface area contributed by atoms with Gasteiger partial charge in [0.25, 0.3) is 0 Å². The van der Waals surface area contributed by atoms with Gasteiger partial charge in [0.1, 0.15) is 0 Å². The summed E-state index contributed by atoms with van der Waals surface area (Å²) in [6.45, 7) is 4.49. The van der Waals surface area contributed by atoms with Crippen molar-refractivity contribution in [2.24, 2.45) is 5.14 Å². The quantitative estimate of drug-likeness (QED) is 0.803. The van der Waals surface area contributed by atoms with Gasteiger partial charge in [0.05, 0.1) is 5.75 Å². The molecule has 5 heteroatoms. The molecule has 0 aliphatic rings. The van der Waals surface area contributed by atoms with E-state index in [2.05, 4.69) is 36.5 Å². The molecule has 0 aromatic heterocycles. The summed E-state index contributed by atoms with van der Waals surface area (Å²) in [6.07, 6.45) is 1.02. The third kappa shape index (κ3) is 5.30. The summed E-state index contributed by atoms with van der Waals surface area (Å²) in [4.78, 5) is 0. The van der Waals surface area contributed by atoms with Crippen LogP contribution in [0, 0.1) is 0 Å². The van der Waals surface area contributed by atoms with Crippen LogP contribution in [0.2, 0.25) is 0 Å². The minimum Gasteiger partial charge on any atom is -0.309 e. The van der Waals surface area contributed by atoms with Crippen LogP contribution in [0.25, 0.3) is 0 Å². The average molecular weight is 256 g/mol. The van der Waals surface area contributed by atoms with E-state index < -0.39 is 10.0 Å². The van der Waals surface area contributed by atoms with E-state index in [1.165, 1.54) is 5.56 Å². The minimum atomic E-state index is -3.38. The van der Waals surface area contributed by atoms with Gasteiger partial charge in [-0.25, -0.2) is 13.6 Å². The number of rotatable bonds is 6. The summed E-state index contributed by atoms with van der Waals surface area (Å²) in [5, 5.41) is 8.06. The van der Waals surface area contributed by atoms with Crippen LogP contribution in [-0.2, 0) is 16.4 Å². The fraction of sp³-hybridized carbons (Fsp3) is 0.500. The van der Waals surface area contributed by atoms with Crippen molar-refractivity contribution in [1.29, 1.82) is 0 Å². The predicted molar refractivity (Wildman–Crippen MR) is 70.2 cm³/mol. The lowest BCUT2D eigenvalue weighted by molar-refractivity contribution is 0.573. The molecule has 96 valence electrons. The summed E-state index contributed by atoms with van der Waals surface area (Å²) in [5.41, 5.74) is 2.45. The number of sulfonamides is 1. The minimum absolute atomic E-state index is 0.0373. The highest BCUT2D eigenvalue weighted by Gasteiger charge is 2.07. The van der Waals surface area contributed by atoms with Crippen molar-refractivity contribution in [3.63, 3.8) is 0 Å². The van der Waals surface area contributed by atoms with Crippen molar-refractivity contribution in [3.8, 4) is 0 Å². The molecule has 0 fully saturated rings. The zero-order chi connectivity index (χ0) is 12.9. The summed E-state index contributed by atoms with van der Waals surface area (Å²) in [7, 11) is -3.38. The van der Waals surface area contributed by atoms with E-state index >= 15 is 0 Å². The smallest absolute Gasteiger partial charge is 0.210 e. The molecule has 0 radical (unpaired) electrons. The SMILES string of the molecule is CCc1ccc(C(C)NCCS(N)(=O)=O)cc1. The lowest BCUT2D eigenvalue weighted by atomic mass is 10.1. The number of primary sulfonamides is 1. The molecular weight excluding hydrogens is 236 g/mol. The highest BCUT2D eigenvalue weighted by Crippen LogP contribution is 2.13. The zero-order valence-corrected chi connectivity index (χ0v) is 11.1. The van der Waals surface area contributed by atoms with E-state index in [-0.39, 0.29) is 11.8 Å². The van der Waals surface area contributed by atoms with Gasteiger partial charge in [0.2, 0.25) is 10.0 Å². The summed E-state index contributed by atoms with van der Waals surface area (Å²) in [5.74, 6) is -0.0373. The van der Waals surface area contributed by atoms with Gasteiger partial charge >= 0.3 is 0 Å². The molecule has 1 aromatic rings. The Kier molecular flexibility index (Phi) is 5.11. The van der Waals surface area contributed by atoms with Crippen LogP contribution in [0.1, 0.15) is 31.0 Å². The average Bonchev–Trinajstić information content (AvgIpc) is 2.27. The zero-order valence-electron chi connectivity index (χ0n) is 10.3. The van der Waals surface area contributed by atoms with Crippen molar-refractivity contribution in [3.05, 3.63) is 35.4 Å². The largest absolute Gasteiger partial charge is 0.309 e. The molecule has 0 saturated heterocycles. The second-order valence-electron chi connectivity index (χ2n) is 4.14. The van der Waals surface area contributed by atoms with Gasteiger partial charge in [-0.3, -0.25) is 0 Å². The molecule has 1 aromatic carbocycles. The Morgan fingerprint density at radius 1 is 1.29 bits per heavy atom. The van der Waals surface area contributed by atoms with E-state index in [4.69, 9.17) is 5.14 Å². The number of nitrogens with two attached hydrogens (primary N) is 1. The molecule has 0 saturated carbocycles. The van der Waals surface area contributed by atoms with Crippen LogP contribution < -0.4 is 10.5 Å². The second-order valence-corrected chi connectivity index (χ2v) is 5.87. The maximum absolute atomic E-state index is 10.8. The molecule has 3 N–H and O–H groups in total. The first-order valence-corrected chi connectivity index (χ1v) is 7.46. The van der Waals surface area contributed by atoms with Crippen LogP contribution in [0.3, 0.4) is 0 Å². The van der Waals surface area contributed by atoms with E-state index in [0.717, 1.165) is 12.0 Å². The van der Waals surface area contributed by atoms with Crippen molar-refractivity contribution in [1.82, 2.24) is 5.32 Å². The highest BCUT2D eigenvalue weighted by molar-refractivity contribution is 7.89. The van der Waals surface area contributed by atoms with Crippen LogP contribution in [0.4, 0.5) is 0 Å². The number of nitrogens with one attached hydrogen (secondary N) is 1. The Labute approximate surface area is 103 Å². The highest BCUT2D eigenvalue weighted by atomic mass is 32.2. The molecule has 0 aliphatic heterocycles. The van der Waals surface area contributed by atoms with Gasteiger partial charge in [-0.2, -0.15) is 0 Å². The number of hydrogen-bond acceptors (Lipinski definition) is 3. The maximum Gasteiger partial charge on any atom is 0.210 e. The Balaban J connectivity index is 2.49. The first-order valence-electron chi connectivity index (χ1n) is 5.75. The predicted octanol–water partition coefficient (Wildman–Crippen LogP) is 1.19. The Bertz CT molecular complexity index is 440. The number of benzene rings is 1. The van der Waals surface area contributed by atoms with Gasteiger partial charge in [-0.1, -0.05) is 31.2 Å². The third-order valence-electron chi connectivity index (χ3n) is 2.73. The lowest BCUT2D eigenvalue weighted by Crippen LogP contribution is -2.28. The Morgan fingerprint density at radius 2 is 1.88 bits per heavy atom. The summed E-state index contributed by atoms with van der Waals surface area (Å²) in [6, 6.07) is 8.43. The topological polar surface area (TPSA) is 72.2 Å². The van der Waals surface area contributed by atoms with Crippen molar-refractivity contribution < 1.29 is 8.42 Å². The van der Waals surface area contributed by atoms with Gasteiger partial charge < -0.3 is 5.32 Å². The van der Waals surface area contributed by atoms with Gasteiger partial charge in [0, 0.05) is 12.6 Å². The van der Waals surface area contributed by atoms with Crippen LogP contribution in [0.5, 0.6) is 0 Å². The van der Waals surface area contributed by atoms with Crippen molar-refractivity contribution >= 4 is 10.0 Å². The Morgan fingerprint density at radius 3 is 2.35 bits per heavy atom. The fourth-order valence-corrected chi connectivity index (χ4v) is 1.98. The molecule has 17 heavy (non-hydrogen) atoms. The van der Waals surface area contributed by atoms with Crippen LogP contribution in [0.15, 0.2) is 24.3 Å². The van der Waals surface area contributed by atoms with Gasteiger partial charge in [-0.05, 0) is 24.5 Å². The molecule has 0 spiro atoms. The van der Waals surface area contributed by atoms with Crippen molar-refractivity contribution in [2.75, 3.05) is 12.3 Å². The molecule has 0 heterocycles. The molecule has 0 amide bonds. The number of hydrogen-bond donors (Lipinski definition) is 2. The molecule has 1 atom stereocenters. The third-order valence-corrected chi connectivity index (χ3v) is 3.50. The fourth-order valence-electron chi connectivity index (χ4n) is 1.58. The molecule has 0 aliphatic carbocycles. The van der Waals surface area contributed by atoms with Crippen molar-refractivity contribution in [2.45, 2.75) is 26.3 Å². The molecule has 0 bridgehead atoms. The first-order chi connectivity index (χ1) is 7.92. The van der Waals surface area contributed by atoms with Crippen LogP contribution in [-0.4, -0.2) is 20.7 Å². The van der Waals surface area contributed by atoms with E-state index in [1.54, 1.807) is 0 Å². The normalized spacial score (nSPS) is 13.6.